The summed E-state index contributed by atoms with van der Waals surface area (Å²) in [6, 6.07) is 14.9. The molecule has 0 aliphatic carbocycles. The summed E-state index contributed by atoms with van der Waals surface area (Å²) >= 11 is 0. The lowest BCUT2D eigenvalue weighted by Gasteiger charge is -2.27. The normalized spacial score (nSPS) is 14.3. The SMILES string of the molecule is NCC(O)(c1ccccc1)c1ccc(F)cc1. The van der Waals surface area contributed by atoms with E-state index in [1.54, 1.807) is 24.3 Å². The Hall–Kier alpha value is -1.71. The number of halogens is 1. The minimum atomic E-state index is -1.27. The van der Waals surface area contributed by atoms with Gasteiger partial charge in [0.05, 0.1) is 0 Å². The summed E-state index contributed by atoms with van der Waals surface area (Å²) in [7, 11) is 0. The maximum Gasteiger partial charge on any atom is 0.127 e. The fraction of sp³-hybridized carbons (Fsp3) is 0.143. The molecule has 2 aromatic rings. The van der Waals surface area contributed by atoms with Gasteiger partial charge in [-0.05, 0) is 23.3 Å². The minimum absolute atomic E-state index is 0.0443. The van der Waals surface area contributed by atoms with Crippen molar-refractivity contribution >= 4 is 0 Å². The fourth-order valence-corrected chi connectivity index (χ4v) is 1.84. The summed E-state index contributed by atoms with van der Waals surface area (Å²) in [5, 5.41) is 10.6. The second-order valence-electron chi connectivity index (χ2n) is 3.94. The summed E-state index contributed by atoms with van der Waals surface area (Å²) < 4.78 is 12.9. The first kappa shape index (κ1) is 11.8. The Kier molecular flexibility index (Phi) is 3.22. The molecule has 0 fully saturated rings. The second-order valence-corrected chi connectivity index (χ2v) is 3.94. The predicted octanol–water partition coefficient (Wildman–Crippen LogP) is 2.02. The van der Waals surface area contributed by atoms with E-state index in [2.05, 4.69) is 0 Å². The van der Waals surface area contributed by atoms with Crippen LogP contribution in [-0.4, -0.2) is 11.7 Å². The summed E-state index contributed by atoms with van der Waals surface area (Å²) in [5.74, 6) is -0.332. The highest BCUT2D eigenvalue weighted by molar-refractivity contribution is 5.36. The van der Waals surface area contributed by atoms with Crippen LogP contribution in [-0.2, 0) is 5.60 Å². The first-order chi connectivity index (χ1) is 8.16. The van der Waals surface area contributed by atoms with E-state index < -0.39 is 5.60 Å². The fourth-order valence-electron chi connectivity index (χ4n) is 1.84. The largest absolute Gasteiger partial charge is 0.379 e. The van der Waals surface area contributed by atoms with Crippen LogP contribution in [0.2, 0.25) is 0 Å². The number of nitrogens with two attached hydrogens (primary N) is 1. The molecule has 0 heterocycles. The van der Waals surface area contributed by atoms with Crippen molar-refractivity contribution in [2.24, 2.45) is 5.73 Å². The molecular weight excluding hydrogens is 217 g/mol. The first-order valence-corrected chi connectivity index (χ1v) is 5.41. The summed E-state index contributed by atoms with van der Waals surface area (Å²) in [6.07, 6.45) is 0. The third-order valence-corrected chi connectivity index (χ3v) is 2.87. The van der Waals surface area contributed by atoms with Crippen LogP contribution in [0.3, 0.4) is 0 Å². The monoisotopic (exact) mass is 231 g/mol. The molecule has 3 N–H and O–H groups in total. The van der Waals surface area contributed by atoms with Crippen molar-refractivity contribution in [1.29, 1.82) is 0 Å². The predicted molar refractivity (Wildman–Crippen MR) is 64.9 cm³/mol. The zero-order valence-corrected chi connectivity index (χ0v) is 9.31. The Balaban J connectivity index is 2.48. The first-order valence-electron chi connectivity index (χ1n) is 5.41. The molecule has 2 aromatic carbocycles. The van der Waals surface area contributed by atoms with Crippen LogP contribution in [0.1, 0.15) is 11.1 Å². The van der Waals surface area contributed by atoms with Gasteiger partial charge in [-0.15, -0.1) is 0 Å². The van der Waals surface area contributed by atoms with Crippen molar-refractivity contribution in [3.8, 4) is 0 Å². The van der Waals surface area contributed by atoms with Gasteiger partial charge in [0.2, 0.25) is 0 Å². The molecule has 1 atom stereocenters. The summed E-state index contributed by atoms with van der Waals surface area (Å²) in [5.41, 5.74) is 5.69. The Morgan fingerprint density at radius 2 is 1.47 bits per heavy atom. The van der Waals surface area contributed by atoms with E-state index in [9.17, 15) is 9.50 Å². The van der Waals surface area contributed by atoms with E-state index in [1.165, 1.54) is 12.1 Å². The molecule has 2 nitrogen and oxygen atoms in total. The highest BCUT2D eigenvalue weighted by atomic mass is 19.1. The summed E-state index contributed by atoms with van der Waals surface area (Å²) in [4.78, 5) is 0. The van der Waals surface area contributed by atoms with Crippen LogP contribution >= 0.6 is 0 Å². The van der Waals surface area contributed by atoms with Gasteiger partial charge in [0, 0.05) is 6.54 Å². The van der Waals surface area contributed by atoms with Gasteiger partial charge in [0.1, 0.15) is 11.4 Å². The van der Waals surface area contributed by atoms with E-state index >= 15 is 0 Å². The van der Waals surface area contributed by atoms with E-state index in [0.717, 1.165) is 0 Å². The van der Waals surface area contributed by atoms with Crippen LogP contribution in [0.25, 0.3) is 0 Å². The van der Waals surface area contributed by atoms with E-state index in [-0.39, 0.29) is 12.4 Å². The molecule has 17 heavy (non-hydrogen) atoms. The van der Waals surface area contributed by atoms with Crippen molar-refractivity contribution in [3.05, 3.63) is 71.5 Å². The molecule has 88 valence electrons. The van der Waals surface area contributed by atoms with Crippen molar-refractivity contribution in [3.63, 3.8) is 0 Å². The lowest BCUT2D eigenvalue weighted by molar-refractivity contribution is 0.0902. The molecule has 0 aromatic heterocycles. The van der Waals surface area contributed by atoms with Gasteiger partial charge < -0.3 is 10.8 Å². The zero-order chi connectivity index (χ0) is 12.3. The number of hydrogen-bond donors (Lipinski definition) is 2. The minimum Gasteiger partial charge on any atom is -0.379 e. The Morgan fingerprint density at radius 3 is 2.00 bits per heavy atom. The van der Waals surface area contributed by atoms with Gasteiger partial charge >= 0.3 is 0 Å². The highest BCUT2D eigenvalue weighted by Crippen LogP contribution is 2.28. The van der Waals surface area contributed by atoms with Crippen molar-refractivity contribution in [2.45, 2.75) is 5.60 Å². The van der Waals surface area contributed by atoms with Crippen LogP contribution in [0.5, 0.6) is 0 Å². The molecule has 0 bridgehead atoms. The molecule has 0 spiro atoms. The van der Waals surface area contributed by atoms with Gasteiger partial charge in [-0.3, -0.25) is 0 Å². The van der Waals surface area contributed by atoms with Gasteiger partial charge in [-0.1, -0.05) is 42.5 Å². The number of aliphatic hydroxyl groups is 1. The average molecular weight is 231 g/mol. The second kappa shape index (κ2) is 4.65. The Morgan fingerprint density at radius 1 is 0.941 bits per heavy atom. The Bertz CT molecular complexity index is 483. The van der Waals surface area contributed by atoms with Crippen molar-refractivity contribution in [2.75, 3.05) is 6.54 Å². The number of benzene rings is 2. The van der Waals surface area contributed by atoms with Crippen LogP contribution in [0.4, 0.5) is 4.39 Å². The third-order valence-electron chi connectivity index (χ3n) is 2.87. The van der Waals surface area contributed by atoms with Crippen LogP contribution < -0.4 is 5.73 Å². The molecule has 0 aliphatic rings. The van der Waals surface area contributed by atoms with Gasteiger partial charge in [0.15, 0.2) is 0 Å². The molecule has 3 heteroatoms. The maximum absolute atomic E-state index is 12.9. The molecular formula is C14H14FNO. The Labute approximate surface area is 99.5 Å². The van der Waals surface area contributed by atoms with Crippen LogP contribution in [0, 0.1) is 5.82 Å². The topological polar surface area (TPSA) is 46.2 Å². The quantitative estimate of drug-likeness (QED) is 0.849. The molecule has 1 unspecified atom stereocenters. The molecule has 2 rings (SSSR count). The number of hydrogen-bond acceptors (Lipinski definition) is 2. The average Bonchev–Trinajstić information content (AvgIpc) is 2.40. The van der Waals surface area contributed by atoms with E-state index in [1.807, 2.05) is 18.2 Å². The van der Waals surface area contributed by atoms with E-state index in [0.29, 0.717) is 11.1 Å². The van der Waals surface area contributed by atoms with E-state index in [4.69, 9.17) is 5.73 Å². The number of rotatable bonds is 3. The lowest BCUT2D eigenvalue weighted by atomic mass is 9.86. The van der Waals surface area contributed by atoms with Crippen molar-refractivity contribution < 1.29 is 9.50 Å². The van der Waals surface area contributed by atoms with Gasteiger partial charge in [-0.25, -0.2) is 4.39 Å². The molecule has 0 saturated carbocycles. The van der Waals surface area contributed by atoms with Gasteiger partial charge in [0.25, 0.3) is 0 Å². The summed E-state index contributed by atoms with van der Waals surface area (Å²) in [6.45, 7) is 0.0443. The lowest BCUT2D eigenvalue weighted by Crippen LogP contribution is -2.36. The van der Waals surface area contributed by atoms with Crippen LogP contribution in [0.15, 0.2) is 54.6 Å². The molecule has 0 radical (unpaired) electrons. The molecule has 0 aliphatic heterocycles. The third kappa shape index (κ3) is 2.20. The zero-order valence-electron chi connectivity index (χ0n) is 9.31. The highest BCUT2D eigenvalue weighted by Gasteiger charge is 2.29. The molecule has 0 saturated heterocycles. The molecule has 0 amide bonds. The maximum atomic E-state index is 12.9. The van der Waals surface area contributed by atoms with Crippen molar-refractivity contribution in [1.82, 2.24) is 0 Å². The van der Waals surface area contributed by atoms with Gasteiger partial charge in [-0.2, -0.15) is 0 Å². The smallest absolute Gasteiger partial charge is 0.127 e. The standard InChI is InChI=1S/C14H14FNO/c15-13-8-6-12(7-9-13)14(17,10-16)11-4-2-1-3-5-11/h1-9,17H,10,16H2.